The zero-order valence-corrected chi connectivity index (χ0v) is 19.2. The third kappa shape index (κ3) is 4.89. The fraction of sp³-hybridized carbons (Fsp3) is 0.682. The molecule has 0 spiro atoms. The highest BCUT2D eigenvalue weighted by molar-refractivity contribution is 5.33. The van der Waals surface area contributed by atoms with Gasteiger partial charge in [-0.2, -0.15) is 26.3 Å². The first kappa shape index (κ1) is 25.8. The van der Waals surface area contributed by atoms with Gasteiger partial charge in [-0.05, 0) is 66.9 Å². The lowest BCUT2D eigenvalue weighted by Crippen LogP contribution is -2.57. The van der Waals surface area contributed by atoms with Crippen molar-refractivity contribution in [3.63, 3.8) is 0 Å². The number of rotatable bonds is 7. The summed E-state index contributed by atoms with van der Waals surface area (Å²) in [4.78, 5) is 2.23. The normalized spacial score (nSPS) is 27.5. The molecule has 3 heterocycles. The Morgan fingerprint density at radius 2 is 1.71 bits per heavy atom. The van der Waals surface area contributed by atoms with Gasteiger partial charge in [0.1, 0.15) is 6.67 Å². The summed E-state index contributed by atoms with van der Waals surface area (Å²) in [5, 5.41) is 11.7. The van der Waals surface area contributed by atoms with Crippen molar-refractivity contribution in [1.29, 1.82) is 0 Å². The second-order valence-corrected chi connectivity index (χ2v) is 9.26. The fourth-order valence-electron chi connectivity index (χ4n) is 5.74. The number of hydrogen-bond acceptors (Lipinski definition) is 5. The maximum atomic E-state index is 13.2. The molecule has 1 aromatic heterocycles. The molecule has 2 fully saturated rings. The first-order valence-electron chi connectivity index (χ1n) is 11.4. The molecular weight excluding hydrogens is 483 g/mol. The maximum absolute atomic E-state index is 13.2. The van der Waals surface area contributed by atoms with Crippen molar-refractivity contribution < 1.29 is 35.5 Å². The summed E-state index contributed by atoms with van der Waals surface area (Å²) in [7, 11) is 0. The van der Waals surface area contributed by atoms with Crippen LogP contribution in [0.2, 0.25) is 0 Å². The summed E-state index contributed by atoms with van der Waals surface area (Å²) >= 11 is 0. The number of tetrazole rings is 1. The minimum Gasteiger partial charge on any atom is -0.372 e. The minimum absolute atomic E-state index is 0.0331. The lowest BCUT2D eigenvalue weighted by atomic mass is 9.86. The predicted octanol–water partition coefficient (Wildman–Crippen LogP) is 5.00. The number of alkyl halides is 7. The number of nitrogens with zero attached hydrogens (tertiary/aromatic N) is 5. The molecule has 2 aliphatic rings. The van der Waals surface area contributed by atoms with Gasteiger partial charge in [-0.15, -0.1) is 5.10 Å². The van der Waals surface area contributed by atoms with Gasteiger partial charge in [-0.3, -0.25) is 4.90 Å². The van der Waals surface area contributed by atoms with E-state index in [1.165, 1.54) is 4.68 Å². The van der Waals surface area contributed by atoms with E-state index in [1.54, 1.807) is 0 Å². The average Bonchev–Trinajstić information content (AvgIpc) is 3.30. The van der Waals surface area contributed by atoms with Gasteiger partial charge in [0.15, 0.2) is 5.82 Å². The first-order valence-corrected chi connectivity index (χ1v) is 11.4. The highest BCUT2D eigenvalue weighted by atomic mass is 19.4. The molecule has 6 nitrogen and oxygen atoms in total. The van der Waals surface area contributed by atoms with Gasteiger partial charge in [0.25, 0.3) is 0 Å². The number of piperidine rings is 1. The molecule has 0 N–H and O–H groups in total. The molecule has 0 radical (unpaired) electrons. The van der Waals surface area contributed by atoms with Gasteiger partial charge in [0.2, 0.25) is 0 Å². The summed E-state index contributed by atoms with van der Waals surface area (Å²) in [5.41, 5.74) is -3.46. The Hall–Kier alpha value is -2.28. The second-order valence-electron chi connectivity index (χ2n) is 9.26. The number of aryl methyl sites for hydroxylation is 1. The van der Waals surface area contributed by atoms with Crippen LogP contribution in [-0.2, 0) is 30.2 Å². The topological polar surface area (TPSA) is 56.1 Å². The molecule has 0 aliphatic carbocycles. The Morgan fingerprint density at radius 3 is 2.29 bits per heavy atom. The second kappa shape index (κ2) is 9.30. The summed E-state index contributed by atoms with van der Waals surface area (Å²) < 4.78 is 99.7. The van der Waals surface area contributed by atoms with Crippen molar-refractivity contribution in [3.05, 3.63) is 40.7 Å². The van der Waals surface area contributed by atoms with Crippen LogP contribution in [-0.4, -0.2) is 56.0 Å². The van der Waals surface area contributed by atoms with Crippen molar-refractivity contribution in [2.45, 2.75) is 82.2 Å². The van der Waals surface area contributed by atoms with E-state index in [0.29, 0.717) is 43.8 Å². The van der Waals surface area contributed by atoms with Crippen molar-refractivity contribution in [1.82, 2.24) is 25.1 Å². The standard InChI is InChI=1S/C22H26F7N5O/c1-3-33-17-4-5-18(20(33,2)11-16(17)19-30-31-32-34(19)7-6-23)35-12-13-8-14(21(24,25)26)10-15(9-13)22(27,28)29/h8-10,16-18H,3-7,11-12H2,1-2H3. The fourth-order valence-corrected chi connectivity index (χ4v) is 5.74. The van der Waals surface area contributed by atoms with Crippen LogP contribution in [0, 0.1) is 0 Å². The molecular formula is C22H26F7N5O. The molecule has 4 atom stereocenters. The van der Waals surface area contributed by atoms with Crippen LogP contribution < -0.4 is 0 Å². The van der Waals surface area contributed by atoms with E-state index < -0.39 is 41.8 Å². The van der Waals surface area contributed by atoms with E-state index in [-0.39, 0.29) is 36.7 Å². The Bertz CT molecular complexity index is 1010. The predicted molar refractivity (Wildman–Crippen MR) is 110 cm³/mol. The molecule has 0 saturated carbocycles. The number of fused-ring (bicyclic) bond motifs is 2. The van der Waals surface area contributed by atoms with E-state index in [0.717, 1.165) is 0 Å². The van der Waals surface area contributed by atoms with Crippen molar-refractivity contribution in [2.24, 2.45) is 0 Å². The lowest BCUT2D eigenvalue weighted by Gasteiger charge is -2.47. The van der Waals surface area contributed by atoms with E-state index >= 15 is 0 Å². The monoisotopic (exact) mass is 509 g/mol. The number of benzene rings is 1. The molecule has 4 unspecified atom stereocenters. The van der Waals surface area contributed by atoms with Crippen LogP contribution in [0.3, 0.4) is 0 Å². The molecule has 13 heteroatoms. The van der Waals surface area contributed by atoms with Gasteiger partial charge >= 0.3 is 12.4 Å². The zero-order chi connectivity index (χ0) is 25.6. The number of likely N-dealkylation sites (N-methyl/N-ethyl adjacent to an activating group) is 1. The van der Waals surface area contributed by atoms with Gasteiger partial charge < -0.3 is 4.74 Å². The number of halogens is 7. The molecule has 194 valence electrons. The Kier molecular flexibility index (Phi) is 6.86. The maximum Gasteiger partial charge on any atom is 0.416 e. The van der Waals surface area contributed by atoms with Crippen LogP contribution in [0.1, 0.15) is 61.5 Å². The largest absolute Gasteiger partial charge is 0.416 e. The Labute approximate surface area is 197 Å². The lowest BCUT2D eigenvalue weighted by molar-refractivity contribution is -0.143. The molecule has 4 rings (SSSR count). The van der Waals surface area contributed by atoms with E-state index in [1.807, 2.05) is 13.8 Å². The molecule has 1 aromatic carbocycles. The molecule has 2 aromatic rings. The first-order chi connectivity index (χ1) is 16.4. The average molecular weight is 509 g/mol. The van der Waals surface area contributed by atoms with Gasteiger partial charge in [-0.25, -0.2) is 9.07 Å². The number of hydrogen-bond donors (Lipinski definition) is 0. The van der Waals surface area contributed by atoms with Gasteiger partial charge in [0.05, 0.1) is 30.4 Å². The van der Waals surface area contributed by atoms with Crippen LogP contribution in [0.15, 0.2) is 18.2 Å². The van der Waals surface area contributed by atoms with Crippen LogP contribution >= 0.6 is 0 Å². The van der Waals surface area contributed by atoms with Crippen LogP contribution in [0.25, 0.3) is 0 Å². The van der Waals surface area contributed by atoms with Gasteiger partial charge in [-0.1, -0.05) is 6.92 Å². The van der Waals surface area contributed by atoms with Crippen molar-refractivity contribution in [3.8, 4) is 0 Å². The molecule has 2 aliphatic heterocycles. The summed E-state index contributed by atoms with van der Waals surface area (Å²) in [5.74, 6) is 0.476. The summed E-state index contributed by atoms with van der Waals surface area (Å²) in [6.07, 6.45) is -8.44. The Morgan fingerprint density at radius 1 is 1.06 bits per heavy atom. The third-order valence-corrected chi connectivity index (χ3v) is 7.20. The molecule has 35 heavy (non-hydrogen) atoms. The minimum atomic E-state index is -4.92. The Balaban J connectivity index is 1.57. The van der Waals surface area contributed by atoms with Crippen LogP contribution in [0.4, 0.5) is 30.7 Å². The quantitative estimate of drug-likeness (QED) is 0.492. The van der Waals surface area contributed by atoms with Crippen LogP contribution in [0.5, 0.6) is 0 Å². The van der Waals surface area contributed by atoms with Crippen molar-refractivity contribution >= 4 is 0 Å². The SMILES string of the molecule is CCN1C2CCC(OCc3cc(C(F)(F)F)cc(C(F)(F)F)c3)C1(C)CC2c1nnnn1CCF. The van der Waals surface area contributed by atoms with E-state index in [2.05, 4.69) is 20.4 Å². The smallest absolute Gasteiger partial charge is 0.372 e. The summed E-state index contributed by atoms with van der Waals surface area (Å²) in [6.45, 7) is 3.63. The van der Waals surface area contributed by atoms with E-state index in [9.17, 15) is 30.7 Å². The van der Waals surface area contributed by atoms with Crippen molar-refractivity contribution in [2.75, 3.05) is 13.2 Å². The highest BCUT2D eigenvalue weighted by Crippen LogP contribution is 2.51. The molecule has 2 bridgehead atoms. The number of aromatic nitrogens is 4. The number of ether oxygens (including phenoxy) is 1. The highest BCUT2D eigenvalue weighted by Gasteiger charge is 2.57. The summed E-state index contributed by atoms with van der Waals surface area (Å²) in [6, 6.07) is 1.57. The zero-order valence-electron chi connectivity index (χ0n) is 19.2. The van der Waals surface area contributed by atoms with E-state index in [4.69, 9.17) is 4.74 Å². The molecule has 2 saturated heterocycles. The third-order valence-electron chi connectivity index (χ3n) is 7.20. The van der Waals surface area contributed by atoms with Gasteiger partial charge in [0, 0.05) is 17.5 Å². The molecule has 0 amide bonds.